The smallest absolute Gasteiger partial charge is 0.0900 e. The lowest BCUT2D eigenvalue weighted by Crippen LogP contribution is -2.19. The van der Waals surface area contributed by atoms with Crippen LogP contribution >= 0.6 is 31.9 Å². The van der Waals surface area contributed by atoms with Crippen LogP contribution < -0.4 is 10.7 Å². The van der Waals surface area contributed by atoms with Crippen molar-refractivity contribution in [2.75, 3.05) is 5.32 Å². The maximum atomic E-state index is 5.30. The van der Waals surface area contributed by atoms with Gasteiger partial charge in [-0.2, -0.15) is 0 Å². The zero-order valence-corrected chi connectivity index (χ0v) is 23.0. The number of halogens is 2. The fraction of sp³-hybridized carbons (Fsp3) is 0.200. The fourth-order valence-corrected chi connectivity index (χ4v) is 6.19. The quantitative estimate of drug-likeness (QED) is 0.209. The maximum Gasteiger partial charge on any atom is 0.0900 e. The van der Waals surface area contributed by atoms with Crippen LogP contribution in [0.1, 0.15) is 32.1 Å². The van der Waals surface area contributed by atoms with Crippen molar-refractivity contribution in [3.63, 3.8) is 0 Å². The van der Waals surface area contributed by atoms with Crippen LogP contribution in [0.2, 0.25) is 0 Å². The number of nitrogens with zero attached hydrogens (tertiary/aromatic N) is 3. The molecular weight excluding hydrogens is 576 g/mol. The standard InChI is InChI=1S/C30H26Br2N4/c31-20-15-16-24(23(32)17-20)34-26-18-28-30(19-27(26)33-21-9-3-1-4-10-21)36(22-11-5-2-6-12-22)29-14-8-7-13-25(29)35-28/h2,5-8,11-19,21,34H,1,3-4,9-10H2. The molecule has 0 saturated heterocycles. The highest BCUT2D eigenvalue weighted by molar-refractivity contribution is 9.11. The molecule has 6 rings (SSSR count). The van der Waals surface area contributed by atoms with Crippen LogP contribution in [-0.2, 0) is 0 Å². The molecule has 0 amide bonds. The largest absolute Gasteiger partial charge is 0.353 e. The molecule has 180 valence electrons. The van der Waals surface area contributed by atoms with Crippen molar-refractivity contribution in [2.24, 2.45) is 4.99 Å². The zero-order valence-electron chi connectivity index (χ0n) is 19.8. The van der Waals surface area contributed by atoms with Gasteiger partial charge in [0.2, 0.25) is 0 Å². The SMILES string of the molecule is Brc1ccc(Nc2cc3nc4ccccc4n(-c4ccccc4)c-3cc2=NC2CCCCC2)c(Br)c1. The molecule has 0 bridgehead atoms. The molecule has 3 aromatic carbocycles. The number of hydrogen-bond donors (Lipinski definition) is 1. The van der Waals surface area contributed by atoms with E-state index in [1.165, 1.54) is 19.3 Å². The molecule has 3 aromatic rings. The summed E-state index contributed by atoms with van der Waals surface area (Å²) in [5.74, 6) is 0. The van der Waals surface area contributed by atoms with Gasteiger partial charge in [0.1, 0.15) is 0 Å². The molecule has 0 atom stereocenters. The Hall–Kier alpha value is -2.96. The Balaban J connectivity index is 1.62. The molecule has 0 aromatic heterocycles. The Bertz CT molecular complexity index is 1570. The van der Waals surface area contributed by atoms with Crippen LogP contribution in [0.5, 0.6) is 0 Å². The number of aromatic nitrogens is 2. The van der Waals surface area contributed by atoms with Crippen molar-refractivity contribution in [1.82, 2.24) is 9.55 Å². The van der Waals surface area contributed by atoms with Crippen LogP contribution in [0.25, 0.3) is 28.1 Å². The Morgan fingerprint density at radius 1 is 0.806 bits per heavy atom. The van der Waals surface area contributed by atoms with Crippen molar-refractivity contribution in [3.05, 3.63) is 99.2 Å². The average Bonchev–Trinajstić information content (AvgIpc) is 2.90. The van der Waals surface area contributed by atoms with E-state index in [0.717, 1.165) is 66.6 Å². The lowest BCUT2D eigenvalue weighted by atomic mass is 9.96. The minimum atomic E-state index is 0.351. The lowest BCUT2D eigenvalue weighted by Gasteiger charge is -2.22. The van der Waals surface area contributed by atoms with Crippen LogP contribution in [0.4, 0.5) is 11.4 Å². The first kappa shape index (κ1) is 23.4. The predicted molar refractivity (Wildman–Crippen MR) is 155 cm³/mol. The molecular formula is C30H26Br2N4. The fourth-order valence-electron chi connectivity index (χ4n) is 5.05. The third-order valence-electron chi connectivity index (χ3n) is 6.81. The molecule has 1 heterocycles. The van der Waals surface area contributed by atoms with Gasteiger partial charge in [-0.05, 0) is 83.4 Å². The van der Waals surface area contributed by atoms with E-state index in [9.17, 15) is 0 Å². The van der Waals surface area contributed by atoms with Crippen LogP contribution in [0, 0.1) is 0 Å². The average molecular weight is 602 g/mol. The number of benzene rings is 4. The second kappa shape index (κ2) is 10.2. The molecule has 0 unspecified atom stereocenters. The van der Waals surface area contributed by atoms with E-state index in [1.54, 1.807) is 0 Å². The van der Waals surface area contributed by atoms with Crippen molar-refractivity contribution in [3.8, 4) is 17.1 Å². The van der Waals surface area contributed by atoms with Gasteiger partial charge in [0, 0.05) is 14.6 Å². The van der Waals surface area contributed by atoms with Crippen LogP contribution in [0.3, 0.4) is 0 Å². The normalized spacial score (nSPS) is 15.0. The van der Waals surface area contributed by atoms with Gasteiger partial charge in [-0.3, -0.25) is 4.99 Å². The Morgan fingerprint density at radius 3 is 2.39 bits per heavy atom. The number of para-hydroxylation sites is 3. The maximum absolute atomic E-state index is 5.30. The van der Waals surface area contributed by atoms with E-state index in [0.29, 0.717) is 6.04 Å². The Kier molecular flexibility index (Phi) is 6.63. The molecule has 36 heavy (non-hydrogen) atoms. The van der Waals surface area contributed by atoms with Gasteiger partial charge in [-0.15, -0.1) is 0 Å². The minimum Gasteiger partial charge on any atom is -0.353 e. The Morgan fingerprint density at radius 2 is 1.58 bits per heavy atom. The number of hydrogen-bond acceptors (Lipinski definition) is 3. The molecule has 1 N–H and O–H groups in total. The summed E-state index contributed by atoms with van der Waals surface area (Å²) in [6, 6.07) is 29.7. The predicted octanol–water partition coefficient (Wildman–Crippen LogP) is 8.63. The molecule has 1 saturated carbocycles. The van der Waals surface area contributed by atoms with Crippen molar-refractivity contribution in [2.45, 2.75) is 38.1 Å². The first-order valence-electron chi connectivity index (χ1n) is 12.4. The first-order chi connectivity index (χ1) is 17.7. The summed E-state index contributed by atoms with van der Waals surface area (Å²) >= 11 is 7.27. The van der Waals surface area contributed by atoms with Crippen LogP contribution in [-0.4, -0.2) is 15.6 Å². The number of fused-ring (bicyclic) bond motifs is 2. The minimum absolute atomic E-state index is 0.351. The summed E-state index contributed by atoms with van der Waals surface area (Å²) in [5, 5.41) is 4.62. The monoisotopic (exact) mass is 600 g/mol. The van der Waals surface area contributed by atoms with Crippen molar-refractivity contribution in [1.29, 1.82) is 0 Å². The molecule has 3 aliphatic rings. The summed E-state index contributed by atoms with van der Waals surface area (Å²) < 4.78 is 4.32. The number of rotatable bonds is 4. The van der Waals surface area contributed by atoms with Gasteiger partial charge >= 0.3 is 0 Å². The zero-order chi connectivity index (χ0) is 24.5. The van der Waals surface area contributed by atoms with E-state index in [-0.39, 0.29) is 0 Å². The third-order valence-corrected chi connectivity index (χ3v) is 7.96. The second-order valence-corrected chi connectivity index (χ2v) is 11.1. The molecule has 2 aliphatic carbocycles. The highest BCUT2D eigenvalue weighted by Crippen LogP contribution is 2.33. The van der Waals surface area contributed by atoms with Gasteiger partial charge in [-0.25, -0.2) is 4.98 Å². The summed E-state index contributed by atoms with van der Waals surface area (Å²) in [6.45, 7) is 0. The molecule has 6 heteroatoms. The topological polar surface area (TPSA) is 42.2 Å². The lowest BCUT2D eigenvalue weighted by molar-refractivity contribution is 0.437. The molecule has 0 radical (unpaired) electrons. The molecule has 4 nitrogen and oxygen atoms in total. The number of anilines is 2. The second-order valence-electron chi connectivity index (χ2n) is 9.30. The summed E-state index contributed by atoms with van der Waals surface area (Å²) in [6.07, 6.45) is 6.10. The highest BCUT2D eigenvalue weighted by atomic mass is 79.9. The van der Waals surface area contributed by atoms with E-state index in [1.807, 2.05) is 12.1 Å². The van der Waals surface area contributed by atoms with Gasteiger partial charge < -0.3 is 9.88 Å². The first-order valence-corrected chi connectivity index (χ1v) is 14.0. The molecule has 0 spiro atoms. The van der Waals surface area contributed by atoms with E-state index >= 15 is 0 Å². The van der Waals surface area contributed by atoms with Gasteiger partial charge in [-0.1, -0.05) is 65.5 Å². The van der Waals surface area contributed by atoms with Gasteiger partial charge in [0.05, 0.1) is 45.2 Å². The summed E-state index contributed by atoms with van der Waals surface area (Å²) in [5.41, 5.74) is 7.09. The summed E-state index contributed by atoms with van der Waals surface area (Å²) in [7, 11) is 0. The van der Waals surface area contributed by atoms with E-state index in [4.69, 9.17) is 9.98 Å². The Labute approximate surface area is 227 Å². The van der Waals surface area contributed by atoms with E-state index < -0.39 is 0 Å². The molecule has 1 aliphatic heterocycles. The van der Waals surface area contributed by atoms with Gasteiger partial charge in [0.15, 0.2) is 0 Å². The summed E-state index contributed by atoms with van der Waals surface area (Å²) in [4.78, 5) is 10.4. The van der Waals surface area contributed by atoms with Crippen LogP contribution in [0.15, 0.2) is 98.9 Å². The third kappa shape index (κ3) is 4.72. The molecule has 1 fully saturated rings. The van der Waals surface area contributed by atoms with E-state index in [2.05, 4.69) is 115 Å². The van der Waals surface area contributed by atoms with Crippen molar-refractivity contribution < 1.29 is 0 Å². The highest BCUT2D eigenvalue weighted by Gasteiger charge is 2.18. The van der Waals surface area contributed by atoms with Crippen molar-refractivity contribution >= 4 is 54.3 Å². The van der Waals surface area contributed by atoms with Gasteiger partial charge in [0.25, 0.3) is 0 Å². The number of nitrogens with one attached hydrogen (secondary N) is 1.